The van der Waals surface area contributed by atoms with Crippen molar-refractivity contribution in [1.82, 2.24) is 0 Å². The van der Waals surface area contributed by atoms with Crippen LogP contribution in [0, 0.1) is 35.0 Å². The van der Waals surface area contributed by atoms with Crippen molar-refractivity contribution in [2.45, 2.75) is 40.5 Å². The predicted molar refractivity (Wildman–Crippen MR) is 88.1 cm³/mol. The van der Waals surface area contributed by atoms with Gasteiger partial charge in [0.1, 0.15) is 4.49 Å². The highest BCUT2D eigenvalue weighted by molar-refractivity contribution is 6.55. The molecule has 0 aromatic carbocycles. The molecule has 0 spiro atoms. The summed E-state index contributed by atoms with van der Waals surface area (Å²) in [6.45, 7) is 7.84. The fourth-order valence-electron chi connectivity index (χ4n) is 3.63. The summed E-state index contributed by atoms with van der Waals surface area (Å²) >= 11 is 11.5. The van der Waals surface area contributed by atoms with Gasteiger partial charge in [0.15, 0.2) is 0 Å². The first-order valence-corrected chi connectivity index (χ1v) is 7.79. The molecular weight excluding hydrogens is 307 g/mol. The first-order chi connectivity index (χ1) is 9.66. The molecule has 1 rings (SSSR count). The van der Waals surface area contributed by atoms with Crippen LogP contribution in [0.4, 0.5) is 0 Å². The molecule has 2 nitrogen and oxygen atoms in total. The van der Waals surface area contributed by atoms with Crippen LogP contribution in [0.3, 0.4) is 0 Å². The van der Waals surface area contributed by atoms with Crippen molar-refractivity contribution < 1.29 is 9.90 Å². The monoisotopic (exact) mass is 328 g/mol. The van der Waals surface area contributed by atoms with E-state index in [9.17, 15) is 9.90 Å². The Morgan fingerprint density at radius 3 is 2.43 bits per heavy atom. The highest BCUT2D eigenvalue weighted by Crippen LogP contribution is 2.74. The van der Waals surface area contributed by atoms with E-state index in [0.29, 0.717) is 6.42 Å². The predicted octanol–water partition coefficient (Wildman–Crippen LogP) is 5.03. The molecule has 21 heavy (non-hydrogen) atoms. The SMILES string of the molecule is C#CC(C/C(C)=C/CC)C1(C(=O)O)C(C=C(Cl)Cl)C1(C)C. The van der Waals surface area contributed by atoms with E-state index in [-0.39, 0.29) is 16.3 Å². The third kappa shape index (κ3) is 3.00. The fraction of sp³-hybridized carbons (Fsp3) is 0.588. The van der Waals surface area contributed by atoms with Crippen molar-refractivity contribution in [3.8, 4) is 12.3 Å². The highest BCUT2D eigenvalue weighted by atomic mass is 35.5. The molecule has 0 bridgehead atoms. The van der Waals surface area contributed by atoms with Gasteiger partial charge in [-0.2, -0.15) is 0 Å². The van der Waals surface area contributed by atoms with Crippen LogP contribution in [0.1, 0.15) is 40.5 Å². The van der Waals surface area contributed by atoms with Gasteiger partial charge in [-0.1, -0.05) is 55.6 Å². The highest BCUT2D eigenvalue weighted by Gasteiger charge is 2.77. The van der Waals surface area contributed by atoms with Gasteiger partial charge < -0.3 is 5.11 Å². The number of carbonyl (C=O) groups is 1. The van der Waals surface area contributed by atoms with Crippen molar-refractivity contribution >= 4 is 29.2 Å². The van der Waals surface area contributed by atoms with E-state index in [2.05, 4.69) is 12.0 Å². The van der Waals surface area contributed by atoms with E-state index in [1.54, 1.807) is 6.08 Å². The topological polar surface area (TPSA) is 37.3 Å². The number of rotatable bonds is 6. The zero-order chi connectivity index (χ0) is 16.4. The molecule has 0 amide bonds. The Kier molecular flexibility index (Phi) is 5.58. The molecule has 0 aliphatic heterocycles. The van der Waals surface area contributed by atoms with Crippen LogP contribution in [0.5, 0.6) is 0 Å². The van der Waals surface area contributed by atoms with E-state index in [1.807, 2.05) is 27.7 Å². The van der Waals surface area contributed by atoms with Gasteiger partial charge >= 0.3 is 5.97 Å². The number of halogens is 2. The molecule has 3 atom stereocenters. The van der Waals surface area contributed by atoms with Gasteiger partial charge in [-0.15, -0.1) is 12.3 Å². The van der Waals surface area contributed by atoms with Crippen LogP contribution in [0.25, 0.3) is 0 Å². The van der Waals surface area contributed by atoms with Crippen LogP contribution in [0.2, 0.25) is 0 Å². The second-order valence-corrected chi connectivity index (χ2v) is 7.22. The van der Waals surface area contributed by atoms with Gasteiger partial charge in [-0.05, 0) is 31.3 Å². The Morgan fingerprint density at radius 2 is 2.05 bits per heavy atom. The zero-order valence-electron chi connectivity index (χ0n) is 12.9. The summed E-state index contributed by atoms with van der Waals surface area (Å²) in [5.41, 5.74) is -0.375. The number of hydrogen-bond acceptors (Lipinski definition) is 1. The van der Waals surface area contributed by atoms with Crippen LogP contribution in [-0.2, 0) is 4.79 Å². The summed E-state index contributed by atoms with van der Waals surface area (Å²) in [6, 6.07) is 0. The van der Waals surface area contributed by atoms with Gasteiger partial charge in [0.05, 0.1) is 5.41 Å². The standard InChI is InChI=1S/C17H22Cl2O2/c1-6-8-11(3)9-12(7-2)17(15(20)21)13(10-14(18)19)16(17,4)5/h2,8,10,12-13H,6,9H2,1,3-5H3,(H,20,21)/b11-8+. The third-order valence-corrected chi connectivity index (χ3v) is 4.98. The summed E-state index contributed by atoms with van der Waals surface area (Å²) in [5, 5.41) is 9.84. The average molecular weight is 329 g/mol. The van der Waals surface area contributed by atoms with Crippen LogP contribution in [-0.4, -0.2) is 11.1 Å². The number of hydrogen-bond donors (Lipinski definition) is 1. The fourth-order valence-corrected chi connectivity index (χ4v) is 3.88. The van der Waals surface area contributed by atoms with E-state index >= 15 is 0 Å². The third-order valence-electron chi connectivity index (χ3n) is 4.73. The Hall–Kier alpha value is -0.910. The number of allylic oxidation sites excluding steroid dienone is 3. The Labute approximate surface area is 137 Å². The minimum atomic E-state index is -1.01. The van der Waals surface area contributed by atoms with E-state index in [4.69, 9.17) is 29.6 Å². The molecule has 1 aliphatic rings. The zero-order valence-corrected chi connectivity index (χ0v) is 14.4. The summed E-state index contributed by atoms with van der Waals surface area (Å²) in [7, 11) is 0. The van der Waals surface area contributed by atoms with Gasteiger partial charge in [0, 0.05) is 11.8 Å². The molecule has 0 aromatic rings. The first kappa shape index (κ1) is 18.1. The minimum Gasteiger partial charge on any atom is -0.481 e. The molecule has 1 saturated carbocycles. The number of terminal acetylenes is 1. The molecule has 1 fully saturated rings. The number of carboxylic acids is 1. The van der Waals surface area contributed by atoms with Crippen molar-refractivity contribution in [1.29, 1.82) is 0 Å². The Morgan fingerprint density at radius 1 is 1.48 bits per heavy atom. The lowest BCUT2D eigenvalue weighted by molar-refractivity contribution is -0.146. The van der Waals surface area contributed by atoms with Crippen LogP contribution < -0.4 is 0 Å². The number of aliphatic carboxylic acids is 1. The molecule has 1 aliphatic carbocycles. The quantitative estimate of drug-likeness (QED) is 0.548. The Balaban J connectivity index is 3.24. The molecule has 0 aromatic heterocycles. The van der Waals surface area contributed by atoms with Gasteiger partial charge in [0.2, 0.25) is 0 Å². The lowest BCUT2D eigenvalue weighted by atomic mass is 9.79. The largest absolute Gasteiger partial charge is 0.481 e. The summed E-state index contributed by atoms with van der Waals surface area (Å²) < 4.78 is 0.0905. The molecule has 4 heteroatoms. The van der Waals surface area contributed by atoms with Gasteiger partial charge in [-0.3, -0.25) is 4.79 Å². The van der Waals surface area contributed by atoms with Crippen molar-refractivity contribution in [3.05, 3.63) is 22.2 Å². The van der Waals surface area contributed by atoms with Crippen LogP contribution in [0.15, 0.2) is 22.2 Å². The minimum absolute atomic E-state index is 0.0905. The molecule has 0 radical (unpaired) electrons. The first-order valence-electron chi connectivity index (χ1n) is 7.04. The summed E-state index contributed by atoms with van der Waals surface area (Å²) in [5.74, 6) is 1.17. The van der Waals surface area contributed by atoms with Crippen molar-refractivity contribution in [2.24, 2.45) is 22.7 Å². The average Bonchev–Trinajstić information content (AvgIpc) is 2.83. The molecule has 0 heterocycles. The maximum Gasteiger partial charge on any atom is 0.312 e. The normalized spacial score (nSPS) is 28.4. The van der Waals surface area contributed by atoms with Gasteiger partial charge in [0.25, 0.3) is 0 Å². The van der Waals surface area contributed by atoms with Crippen molar-refractivity contribution in [3.63, 3.8) is 0 Å². The van der Waals surface area contributed by atoms with E-state index in [0.717, 1.165) is 12.0 Å². The molecule has 1 N–H and O–H groups in total. The van der Waals surface area contributed by atoms with E-state index < -0.39 is 16.8 Å². The smallest absolute Gasteiger partial charge is 0.312 e. The second kappa shape index (κ2) is 6.46. The van der Waals surface area contributed by atoms with E-state index in [1.165, 1.54) is 0 Å². The van der Waals surface area contributed by atoms with Crippen molar-refractivity contribution in [2.75, 3.05) is 0 Å². The maximum atomic E-state index is 12.0. The molecular formula is C17H22Cl2O2. The lowest BCUT2D eigenvalue weighted by Crippen LogP contribution is -2.30. The molecule has 0 saturated heterocycles. The summed E-state index contributed by atoms with van der Waals surface area (Å²) in [4.78, 5) is 12.0. The maximum absolute atomic E-state index is 12.0. The second-order valence-electron chi connectivity index (χ2n) is 6.21. The Bertz CT molecular complexity index is 521. The summed E-state index contributed by atoms with van der Waals surface area (Å²) in [6.07, 6.45) is 10.8. The van der Waals surface area contributed by atoms with Crippen LogP contribution >= 0.6 is 23.2 Å². The molecule has 3 unspecified atom stereocenters. The van der Waals surface area contributed by atoms with Gasteiger partial charge in [-0.25, -0.2) is 0 Å². The lowest BCUT2D eigenvalue weighted by Gasteiger charge is -2.23. The molecule has 116 valence electrons. The number of carboxylic acid groups (broad SMARTS) is 1.